The van der Waals surface area contributed by atoms with Gasteiger partial charge in [-0.1, -0.05) is 16.1 Å². The maximum Gasteiger partial charge on any atom is 0.335 e. The first-order valence-corrected chi connectivity index (χ1v) is 5.90. The van der Waals surface area contributed by atoms with Gasteiger partial charge in [0.25, 0.3) is 5.91 Å². The number of halogens is 1. The van der Waals surface area contributed by atoms with Crippen molar-refractivity contribution in [2.75, 3.05) is 5.32 Å². The summed E-state index contributed by atoms with van der Waals surface area (Å²) in [6.07, 6.45) is 0. The quantitative estimate of drug-likeness (QED) is 0.900. The third kappa shape index (κ3) is 2.82. The highest BCUT2D eigenvalue weighted by Gasteiger charge is 2.11. The zero-order valence-corrected chi connectivity index (χ0v) is 10.3. The number of benzene rings is 1. The number of carboxylic acid groups (broad SMARTS) is 1. The Labute approximate surface area is 110 Å². The molecule has 2 rings (SSSR count). The Balaban J connectivity index is 2.24. The van der Waals surface area contributed by atoms with Gasteiger partial charge in [-0.2, -0.15) is 0 Å². The van der Waals surface area contributed by atoms with Crippen molar-refractivity contribution in [3.8, 4) is 0 Å². The molecule has 0 atom stereocenters. The van der Waals surface area contributed by atoms with Gasteiger partial charge in [-0.15, -0.1) is 5.10 Å². The van der Waals surface area contributed by atoms with E-state index in [1.807, 2.05) is 0 Å². The highest BCUT2D eigenvalue weighted by atomic mass is 35.5. The van der Waals surface area contributed by atoms with Crippen molar-refractivity contribution < 1.29 is 14.7 Å². The molecule has 1 heterocycles. The van der Waals surface area contributed by atoms with E-state index in [0.29, 0.717) is 0 Å². The number of aromatic carboxylic acids is 1. The van der Waals surface area contributed by atoms with Crippen LogP contribution >= 0.6 is 23.1 Å². The third-order valence-corrected chi connectivity index (χ3v) is 2.72. The van der Waals surface area contributed by atoms with Crippen LogP contribution in [-0.4, -0.2) is 26.6 Å². The molecule has 18 heavy (non-hydrogen) atoms. The highest BCUT2D eigenvalue weighted by Crippen LogP contribution is 2.19. The number of amides is 1. The predicted octanol–water partition coefficient (Wildman–Crippen LogP) is 2.14. The van der Waals surface area contributed by atoms with Crippen LogP contribution in [0, 0.1) is 0 Å². The van der Waals surface area contributed by atoms with E-state index in [9.17, 15) is 9.59 Å². The number of anilines is 1. The van der Waals surface area contributed by atoms with Crippen LogP contribution in [0.2, 0.25) is 5.02 Å². The summed E-state index contributed by atoms with van der Waals surface area (Å²) in [5.74, 6) is -1.59. The fourth-order valence-electron chi connectivity index (χ4n) is 1.24. The molecule has 0 bridgehead atoms. The second-order valence-electron chi connectivity index (χ2n) is 3.28. The van der Waals surface area contributed by atoms with Crippen LogP contribution in [0.1, 0.15) is 20.8 Å². The van der Waals surface area contributed by atoms with Gasteiger partial charge in [-0.05, 0) is 29.7 Å². The van der Waals surface area contributed by atoms with Gasteiger partial charge in [0.1, 0.15) is 0 Å². The second-order valence-corrected chi connectivity index (χ2v) is 4.32. The van der Waals surface area contributed by atoms with Crippen LogP contribution in [-0.2, 0) is 0 Å². The lowest BCUT2D eigenvalue weighted by Crippen LogP contribution is -2.13. The van der Waals surface area contributed by atoms with Crippen molar-refractivity contribution in [1.29, 1.82) is 0 Å². The van der Waals surface area contributed by atoms with Crippen molar-refractivity contribution in [2.45, 2.75) is 0 Å². The Kier molecular flexibility index (Phi) is 3.54. The SMILES string of the molecule is O=C(O)c1cc(Cl)cc(NC(=O)c2csnn2)c1. The van der Waals surface area contributed by atoms with Gasteiger partial charge in [-0.3, -0.25) is 4.79 Å². The summed E-state index contributed by atoms with van der Waals surface area (Å²) in [5.41, 5.74) is 0.448. The normalized spacial score (nSPS) is 10.1. The monoisotopic (exact) mass is 283 g/mol. The van der Waals surface area contributed by atoms with E-state index in [2.05, 4.69) is 14.9 Å². The van der Waals surface area contributed by atoms with E-state index >= 15 is 0 Å². The number of hydrogen-bond acceptors (Lipinski definition) is 5. The van der Waals surface area contributed by atoms with Gasteiger partial charge in [0.2, 0.25) is 0 Å². The Morgan fingerprint density at radius 1 is 1.33 bits per heavy atom. The van der Waals surface area contributed by atoms with Crippen LogP contribution in [0.3, 0.4) is 0 Å². The molecule has 1 aromatic carbocycles. The van der Waals surface area contributed by atoms with Crippen LogP contribution in [0.15, 0.2) is 23.6 Å². The van der Waals surface area contributed by atoms with Crippen LogP contribution in [0.5, 0.6) is 0 Å². The van der Waals surface area contributed by atoms with Gasteiger partial charge in [0.15, 0.2) is 5.69 Å². The fraction of sp³-hybridized carbons (Fsp3) is 0. The van der Waals surface area contributed by atoms with Crippen molar-refractivity contribution in [3.63, 3.8) is 0 Å². The third-order valence-electron chi connectivity index (χ3n) is 2.00. The molecule has 0 fully saturated rings. The van der Waals surface area contributed by atoms with Gasteiger partial charge in [0.05, 0.1) is 5.56 Å². The number of carboxylic acids is 1. The standard InChI is InChI=1S/C10H6ClN3O3S/c11-6-1-5(10(16)17)2-7(3-6)12-9(15)8-4-18-14-13-8/h1-4H,(H,12,15)(H,16,17). The van der Waals surface area contributed by atoms with Crippen molar-refractivity contribution in [1.82, 2.24) is 9.59 Å². The van der Waals surface area contributed by atoms with Crippen LogP contribution in [0.25, 0.3) is 0 Å². The Morgan fingerprint density at radius 2 is 2.11 bits per heavy atom. The van der Waals surface area contributed by atoms with E-state index in [4.69, 9.17) is 16.7 Å². The maximum absolute atomic E-state index is 11.7. The summed E-state index contributed by atoms with van der Waals surface area (Å²) >= 11 is 6.81. The van der Waals surface area contributed by atoms with Gasteiger partial charge >= 0.3 is 5.97 Å². The lowest BCUT2D eigenvalue weighted by atomic mass is 10.2. The number of carbonyl (C=O) groups excluding carboxylic acids is 1. The highest BCUT2D eigenvalue weighted by molar-refractivity contribution is 7.03. The lowest BCUT2D eigenvalue weighted by molar-refractivity contribution is 0.0696. The first-order valence-electron chi connectivity index (χ1n) is 4.68. The molecule has 2 N–H and O–H groups in total. The minimum Gasteiger partial charge on any atom is -0.478 e. The molecule has 0 aliphatic heterocycles. The summed E-state index contributed by atoms with van der Waals surface area (Å²) in [6, 6.07) is 4.06. The molecule has 0 saturated carbocycles. The number of carbonyl (C=O) groups is 2. The van der Waals surface area contributed by atoms with Gasteiger partial charge < -0.3 is 10.4 Å². The van der Waals surface area contributed by atoms with Crippen molar-refractivity contribution in [3.05, 3.63) is 39.9 Å². The first kappa shape index (κ1) is 12.5. The molecule has 1 amide bonds. The molecule has 2 aromatic rings. The summed E-state index contributed by atoms with van der Waals surface area (Å²) in [6.45, 7) is 0. The molecule has 8 heteroatoms. The molecular weight excluding hydrogens is 278 g/mol. The summed E-state index contributed by atoms with van der Waals surface area (Å²) < 4.78 is 3.56. The fourth-order valence-corrected chi connectivity index (χ4v) is 1.92. The van der Waals surface area contributed by atoms with Crippen molar-refractivity contribution in [2.24, 2.45) is 0 Å². The minimum atomic E-state index is -1.12. The summed E-state index contributed by atoms with van der Waals surface area (Å²) in [4.78, 5) is 22.5. The molecular formula is C10H6ClN3O3S. The second kappa shape index (κ2) is 5.11. The molecule has 0 spiro atoms. The Bertz CT molecular complexity index is 600. The minimum absolute atomic E-state index is 0.00537. The summed E-state index contributed by atoms with van der Waals surface area (Å²) in [5, 5.41) is 16.7. The van der Waals surface area contributed by atoms with Gasteiger partial charge in [-0.25, -0.2) is 4.79 Å². The number of hydrogen-bond donors (Lipinski definition) is 2. The van der Waals surface area contributed by atoms with Crippen LogP contribution < -0.4 is 5.32 Å². The first-order chi connectivity index (χ1) is 8.56. The number of aromatic nitrogens is 2. The Hall–Kier alpha value is -1.99. The predicted molar refractivity (Wildman–Crippen MR) is 66.3 cm³/mol. The van der Waals surface area contributed by atoms with Crippen molar-refractivity contribution >= 4 is 40.7 Å². The molecule has 0 unspecified atom stereocenters. The average Bonchev–Trinajstić information content (AvgIpc) is 2.81. The van der Waals surface area contributed by atoms with E-state index in [-0.39, 0.29) is 22.0 Å². The molecule has 6 nitrogen and oxygen atoms in total. The smallest absolute Gasteiger partial charge is 0.335 e. The summed E-state index contributed by atoms with van der Waals surface area (Å²) in [7, 11) is 0. The number of nitrogens with one attached hydrogen (secondary N) is 1. The van der Waals surface area contributed by atoms with Crippen LogP contribution in [0.4, 0.5) is 5.69 Å². The molecule has 0 aliphatic rings. The topological polar surface area (TPSA) is 92.2 Å². The van der Waals surface area contributed by atoms with E-state index in [0.717, 1.165) is 11.5 Å². The van der Waals surface area contributed by atoms with E-state index in [1.54, 1.807) is 0 Å². The van der Waals surface area contributed by atoms with E-state index < -0.39 is 11.9 Å². The molecule has 0 aliphatic carbocycles. The largest absolute Gasteiger partial charge is 0.478 e. The average molecular weight is 284 g/mol. The maximum atomic E-state index is 11.7. The van der Waals surface area contributed by atoms with E-state index in [1.165, 1.54) is 23.6 Å². The molecule has 0 radical (unpaired) electrons. The number of nitrogens with zero attached hydrogens (tertiary/aromatic N) is 2. The van der Waals surface area contributed by atoms with Gasteiger partial charge in [0, 0.05) is 16.1 Å². The zero-order chi connectivity index (χ0) is 13.1. The zero-order valence-electron chi connectivity index (χ0n) is 8.75. The molecule has 92 valence electrons. The molecule has 1 aromatic heterocycles. The number of rotatable bonds is 3. The lowest BCUT2D eigenvalue weighted by Gasteiger charge is -2.05. The molecule has 0 saturated heterocycles. The Morgan fingerprint density at radius 3 is 2.72 bits per heavy atom.